The monoisotopic (exact) mass is 825 g/mol. The minimum atomic E-state index is 0.637. The van der Waals surface area contributed by atoms with E-state index in [-0.39, 0.29) is 0 Å². The van der Waals surface area contributed by atoms with Crippen molar-refractivity contribution >= 4 is 87.1 Å². The second-order valence-electron chi connectivity index (χ2n) is 17.3. The van der Waals surface area contributed by atoms with Gasteiger partial charge in [-0.2, -0.15) is 0 Å². The van der Waals surface area contributed by atoms with Gasteiger partial charge in [0.25, 0.3) is 0 Å². The fraction of sp³-hybridized carbons (Fsp3) is 0. The Labute approximate surface area is 372 Å². The van der Waals surface area contributed by atoms with E-state index in [1.165, 1.54) is 71.4 Å². The number of hydrogen-bond donors (Lipinski definition) is 0. The normalized spacial score (nSPS) is 12.3. The number of benzene rings is 10. The molecule has 14 aromatic rings. The molecule has 65 heavy (non-hydrogen) atoms. The van der Waals surface area contributed by atoms with Crippen LogP contribution >= 0.6 is 0 Å². The first-order chi connectivity index (χ1) is 32.3. The second-order valence-corrected chi connectivity index (χ2v) is 17.3. The van der Waals surface area contributed by atoms with Crippen LogP contribution in [0.1, 0.15) is 0 Å². The van der Waals surface area contributed by atoms with E-state index in [4.69, 9.17) is 9.97 Å². The van der Waals surface area contributed by atoms with Crippen molar-refractivity contribution in [2.45, 2.75) is 0 Å². The van der Waals surface area contributed by atoms with Crippen LogP contribution in [0.5, 0.6) is 0 Å². The first-order valence-electron chi connectivity index (χ1n) is 22.3. The molecular formula is C60H35N5. The molecule has 0 aliphatic carbocycles. The van der Waals surface area contributed by atoms with Gasteiger partial charge in [-0.25, -0.2) is 9.97 Å². The molecule has 1 aliphatic heterocycles. The molecule has 5 heteroatoms. The molecule has 0 fully saturated rings. The van der Waals surface area contributed by atoms with Gasteiger partial charge >= 0.3 is 0 Å². The van der Waals surface area contributed by atoms with E-state index in [0.717, 1.165) is 60.6 Å². The van der Waals surface area contributed by atoms with Gasteiger partial charge in [-0.05, 0) is 76.5 Å². The Kier molecular flexibility index (Phi) is 6.89. The molecule has 0 N–H and O–H groups in total. The number of para-hydroxylation sites is 5. The van der Waals surface area contributed by atoms with Crippen molar-refractivity contribution in [3.8, 4) is 50.8 Å². The lowest BCUT2D eigenvalue weighted by molar-refractivity contribution is 1.01. The van der Waals surface area contributed by atoms with Crippen molar-refractivity contribution < 1.29 is 0 Å². The molecule has 1 aliphatic rings. The summed E-state index contributed by atoms with van der Waals surface area (Å²) in [7, 11) is 0. The quantitative estimate of drug-likeness (QED) is 0.167. The lowest BCUT2D eigenvalue weighted by Gasteiger charge is -2.15. The summed E-state index contributed by atoms with van der Waals surface area (Å²) in [4.78, 5) is 11.3. The summed E-state index contributed by atoms with van der Waals surface area (Å²) in [6.45, 7) is 0. The van der Waals surface area contributed by atoms with Crippen LogP contribution in [0.3, 0.4) is 0 Å². The van der Waals surface area contributed by atoms with Crippen LogP contribution in [0.15, 0.2) is 212 Å². The molecule has 0 atom stereocenters. The summed E-state index contributed by atoms with van der Waals surface area (Å²) in [5.41, 5.74) is 16.9. The molecule has 0 saturated carbocycles. The molecule has 0 amide bonds. The molecule has 5 nitrogen and oxygen atoms in total. The first-order valence-corrected chi connectivity index (χ1v) is 22.3. The highest BCUT2D eigenvalue weighted by atomic mass is 15.2. The van der Waals surface area contributed by atoms with Gasteiger partial charge in [-0.1, -0.05) is 158 Å². The molecular weight excluding hydrogens is 791 g/mol. The summed E-state index contributed by atoms with van der Waals surface area (Å²) in [5, 5.41) is 10.5. The van der Waals surface area contributed by atoms with E-state index in [1.54, 1.807) is 0 Å². The number of rotatable bonds is 3. The predicted octanol–water partition coefficient (Wildman–Crippen LogP) is 15.4. The van der Waals surface area contributed by atoms with E-state index < -0.39 is 0 Å². The van der Waals surface area contributed by atoms with Crippen LogP contribution in [0.2, 0.25) is 0 Å². The molecule has 300 valence electrons. The Bertz CT molecular complexity index is 4360. The van der Waals surface area contributed by atoms with Gasteiger partial charge < -0.3 is 9.13 Å². The van der Waals surface area contributed by atoms with Crippen molar-refractivity contribution in [2.24, 2.45) is 0 Å². The highest BCUT2D eigenvalue weighted by Crippen LogP contribution is 2.52. The van der Waals surface area contributed by atoms with E-state index in [0.29, 0.717) is 5.95 Å². The van der Waals surface area contributed by atoms with Gasteiger partial charge in [-0.15, -0.1) is 0 Å². The van der Waals surface area contributed by atoms with Crippen LogP contribution in [0.4, 0.5) is 0 Å². The van der Waals surface area contributed by atoms with Gasteiger partial charge in [0.05, 0.1) is 50.0 Å². The van der Waals surface area contributed by atoms with Crippen molar-refractivity contribution in [1.29, 1.82) is 0 Å². The second kappa shape index (κ2) is 12.9. The van der Waals surface area contributed by atoms with Gasteiger partial charge in [0.1, 0.15) is 0 Å². The Balaban J connectivity index is 1.10. The number of aromatic nitrogens is 5. The molecule has 0 radical (unpaired) electrons. The summed E-state index contributed by atoms with van der Waals surface area (Å²) in [6.07, 6.45) is 0. The average Bonchev–Trinajstić information content (AvgIpc) is 3.98. The zero-order valence-electron chi connectivity index (χ0n) is 34.9. The topological polar surface area (TPSA) is 40.6 Å². The third kappa shape index (κ3) is 4.65. The Morgan fingerprint density at radius 3 is 1.77 bits per heavy atom. The molecule has 0 spiro atoms. The summed E-state index contributed by atoms with van der Waals surface area (Å²) in [6, 6.07) is 77.1. The van der Waals surface area contributed by atoms with Gasteiger partial charge in [0.2, 0.25) is 5.95 Å². The standard InChI is InChI=1S/C60H35N5/c1-2-17-38(18-3-1)63-49-26-12-9-22-42(49)44-32-30-37(34-53(44)63)58-55-39-19-5-4-16-36(39)31-33-48(55)61-60(62-58)65-52-29-15-11-25-46(52)56-54(65)35-47-43-23-10-14-28-51(43)64-50-27-13-8-21-41(50)40-20-6-7-24-45(40)57(56)59(47)64/h1-35H. The van der Waals surface area contributed by atoms with Crippen molar-refractivity contribution in [3.63, 3.8) is 0 Å². The van der Waals surface area contributed by atoms with Crippen LogP contribution in [0.25, 0.3) is 138 Å². The van der Waals surface area contributed by atoms with Crippen LogP contribution in [-0.2, 0) is 0 Å². The van der Waals surface area contributed by atoms with Gasteiger partial charge in [0, 0.05) is 60.1 Å². The van der Waals surface area contributed by atoms with Crippen LogP contribution in [0, 0.1) is 0 Å². The Hall–Kier alpha value is -8.80. The van der Waals surface area contributed by atoms with Crippen molar-refractivity contribution in [1.82, 2.24) is 23.7 Å². The SMILES string of the molecule is c1ccc(-n2c3ccccc3c3ccc(-c4nc(-n5c6ccccc6c6c7c8c(cc65)c5ccccc5n8-c5ccccc5-c5ccccc5-7)nc5ccc6ccccc6c45)cc32)cc1. The molecule has 0 saturated heterocycles. The highest BCUT2D eigenvalue weighted by molar-refractivity contribution is 6.28. The fourth-order valence-electron chi connectivity index (χ4n) is 11.3. The lowest BCUT2D eigenvalue weighted by Crippen LogP contribution is -2.04. The fourth-order valence-corrected chi connectivity index (χ4v) is 11.3. The van der Waals surface area contributed by atoms with Gasteiger partial charge in [-0.3, -0.25) is 4.57 Å². The predicted molar refractivity (Wildman–Crippen MR) is 270 cm³/mol. The largest absolute Gasteiger partial charge is 0.309 e. The zero-order valence-corrected chi connectivity index (χ0v) is 34.9. The maximum atomic E-state index is 5.78. The molecule has 0 unspecified atom stereocenters. The summed E-state index contributed by atoms with van der Waals surface area (Å²) in [5.74, 6) is 0.637. The van der Waals surface area contributed by atoms with E-state index in [2.05, 4.69) is 226 Å². The molecule has 5 heterocycles. The number of hydrogen-bond acceptors (Lipinski definition) is 2. The smallest absolute Gasteiger partial charge is 0.235 e. The molecule has 0 bridgehead atoms. The summed E-state index contributed by atoms with van der Waals surface area (Å²) < 4.78 is 7.21. The maximum Gasteiger partial charge on any atom is 0.235 e. The third-order valence-electron chi connectivity index (χ3n) is 14.0. The average molecular weight is 826 g/mol. The maximum absolute atomic E-state index is 5.78. The Morgan fingerprint density at radius 1 is 0.338 bits per heavy atom. The number of fused-ring (bicyclic) bond motifs is 18. The summed E-state index contributed by atoms with van der Waals surface area (Å²) >= 11 is 0. The third-order valence-corrected chi connectivity index (χ3v) is 14.0. The molecule has 10 aromatic carbocycles. The van der Waals surface area contributed by atoms with Crippen LogP contribution < -0.4 is 0 Å². The highest BCUT2D eigenvalue weighted by Gasteiger charge is 2.29. The van der Waals surface area contributed by atoms with E-state index in [9.17, 15) is 0 Å². The number of nitrogens with zero attached hydrogens (tertiary/aromatic N) is 5. The Morgan fingerprint density at radius 2 is 0.954 bits per heavy atom. The first kappa shape index (κ1) is 34.7. The van der Waals surface area contributed by atoms with Gasteiger partial charge in [0.15, 0.2) is 0 Å². The van der Waals surface area contributed by atoms with Crippen molar-refractivity contribution in [3.05, 3.63) is 212 Å². The molecule has 4 aromatic heterocycles. The minimum absolute atomic E-state index is 0.637. The van der Waals surface area contributed by atoms with E-state index in [1.807, 2.05) is 0 Å². The minimum Gasteiger partial charge on any atom is -0.309 e. The van der Waals surface area contributed by atoms with E-state index >= 15 is 0 Å². The molecule has 15 rings (SSSR count). The zero-order chi connectivity index (χ0) is 42.3. The van der Waals surface area contributed by atoms with Crippen molar-refractivity contribution in [2.75, 3.05) is 0 Å². The van der Waals surface area contributed by atoms with Crippen LogP contribution in [-0.4, -0.2) is 23.7 Å². The lowest BCUT2D eigenvalue weighted by atomic mass is 9.91.